The summed E-state index contributed by atoms with van der Waals surface area (Å²) in [7, 11) is 1.57. The van der Waals surface area contributed by atoms with Crippen molar-refractivity contribution in [2.75, 3.05) is 37.4 Å². The van der Waals surface area contributed by atoms with Gasteiger partial charge in [0, 0.05) is 56.2 Å². The van der Waals surface area contributed by atoms with Gasteiger partial charge in [0.1, 0.15) is 12.4 Å². The molecule has 0 amide bonds. The number of halogens is 2. The van der Waals surface area contributed by atoms with Crippen molar-refractivity contribution in [3.05, 3.63) is 81.9 Å². The van der Waals surface area contributed by atoms with E-state index in [1.807, 2.05) is 29.7 Å². The third-order valence-electron chi connectivity index (χ3n) is 7.77. The summed E-state index contributed by atoms with van der Waals surface area (Å²) in [6, 6.07) is 8.48. The number of anilines is 2. The van der Waals surface area contributed by atoms with Crippen LogP contribution in [0.15, 0.2) is 53.7 Å². The molecule has 0 aliphatic carbocycles. The third kappa shape index (κ3) is 4.70. The minimum Gasteiger partial charge on any atom is -0.486 e. The van der Waals surface area contributed by atoms with Crippen molar-refractivity contribution >= 4 is 22.4 Å². The number of pyridine rings is 3. The molecule has 1 aromatic carbocycles. The minimum atomic E-state index is -1.10. The van der Waals surface area contributed by atoms with Crippen LogP contribution >= 0.6 is 0 Å². The second-order valence-electron chi connectivity index (χ2n) is 10.4. The average molecular weight is 549 g/mol. The molecule has 1 fully saturated rings. The van der Waals surface area contributed by atoms with Crippen molar-refractivity contribution in [1.82, 2.24) is 19.4 Å². The Balaban J connectivity index is 1.38. The third-order valence-corrected chi connectivity index (χ3v) is 7.77. The van der Waals surface area contributed by atoms with E-state index in [1.54, 1.807) is 31.8 Å². The molecule has 2 aliphatic rings. The number of methoxy groups -OCH3 is 1. The molecule has 6 rings (SSSR count). The first kappa shape index (κ1) is 26.0. The summed E-state index contributed by atoms with van der Waals surface area (Å²) in [6.45, 7) is 4.50. The predicted octanol–water partition coefficient (Wildman–Crippen LogP) is 3.90. The normalized spacial score (nSPS) is 18.4. The number of nitrogens with two attached hydrogens (primary N) is 1. The van der Waals surface area contributed by atoms with E-state index in [0.29, 0.717) is 35.9 Å². The fraction of sp³-hybridized carbons (Fsp3) is 0.345. The molecular formula is C29H30F2N6O3. The number of nitrogens with zero attached hydrogens (tertiary/aromatic N) is 5. The molecule has 4 aromatic rings. The first-order chi connectivity index (χ1) is 19.3. The number of rotatable bonds is 7. The van der Waals surface area contributed by atoms with E-state index in [9.17, 15) is 13.6 Å². The highest BCUT2D eigenvalue weighted by atomic mass is 19.2. The molecule has 0 bridgehead atoms. The van der Waals surface area contributed by atoms with E-state index in [-0.39, 0.29) is 35.3 Å². The molecule has 9 nitrogen and oxygen atoms in total. The van der Waals surface area contributed by atoms with Gasteiger partial charge in [-0.15, -0.1) is 0 Å². The summed E-state index contributed by atoms with van der Waals surface area (Å²) in [5.74, 6) is -1.40. The van der Waals surface area contributed by atoms with Crippen LogP contribution in [-0.2, 0) is 13.1 Å². The highest BCUT2D eigenvalue weighted by Crippen LogP contribution is 2.35. The zero-order chi connectivity index (χ0) is 28.0. The first-order valence-corrected chi connectivity index (χ1v) is 13.2. The Morgan fingerprint density at radius 3 is 2.83 bits per heavy atom. The van der Waals surface area contributed by atoms with Gasteiger partial charge in [0.05, 0.1) is 35.9 Å². The Bertz CT molecular complexity index is 1630. The Morgan fingerprint density at radius 2 is 2.05 bits per heavy atom. The number of benzene rings is 1. The predicted molar refractivity (Wildman–Crippen MR) is 148 cm³/mol. The van der Waals surface area contributed by atoms with Crippen molar-refractivity contribution < 1.29 is 18.3 Å². The summed E-state index contributed by atoms with van der Waals surface area (Å²) in [5, 5.41) is 0.115. The lowest BCUT2D eigenvalue weighted by Gasteiger charge is -2.31. The summed E-state index contributed by atoms with van der Waals surface area (Å²) < 4.78 is 41.8. The molecule has 3 aromatic heterocycles. The Kier molecular flexibility index (Phi) is 6.75. The second kappa shape index (κ2) is 10.4. The second-order valence-corrected chi connectivity index (χ2v) is 10.4. The van der Waals surface area contributed by atoms with E-state index in [1.165, 1.54) is 0 Å². The van der Waals surface area contributed by atoms with Gasteiger partial charge in [-0.3, -0.25) is 9.69 Å². The number of ether oxygens (including phenoxy) is 2. The van der Waals surface area contributed by atoms with E-state index in [2.05, 4.69) is 19.8 Å². The van der Waals surface area contributed by atoms with Crippen LogP contribution in [0.25, 0.3) is 10.9 Å². The van der Waals surface area contributed by atoms with E-state index in [4.69, 9.17) is 15.2 Å². The van der Waals surface area contributed by atoms with Gasteiger partial charge in [-0.05, 0) is 43.2 Å². The summed E-state index contributed by atoms with van der Waals surface area (Å²) in [6.07, 6.45) is 6.10. The molecule has 2 aliphatic heterocycles. The molecule has 208 valence electrons. The van der Waals surface area contributed by atoms with Crippen molar-refractivity contribution in [2.24, 2.45) is 0 Å². The molecule has 40 heavy (non-hydrogen) atoms. The maximum atomic E-state index is 14.6. The molecular weight excluding hydrogens is 518 g/mol. The van der Waals surface area contributed by atoms with Crippen molar-refractivity contribution in [2.45, 2.75) is 38.5 Å². The number of nitrogen functional groups attached to an aromatic ring is 1. The van der Waals surface area contributed by atoms with Gasteiger partial charge in [-0.25, -0.2) is 14.4 Å². The zero-order valence-electron chi connectivity index (χ0n) is 22.3. The molecule has 2 atom stereocenters. The van der Waals surface area contributed by atoms with Crippen LogP contribution in [0.2, 0.25) is 0 Å². The molecule has 1 unspecified atom stereocenters. The summed E-state index contributed by atoms with van der Waals surface area (Å²) >= 11 is 0. The molecule has 1 saturated heterocycles. The lowest BCUT2D eigenvalue weighted by molar-refractivity contribution is 0.189. The first-order valence-electron chi connectivity index (χ1n) is 13.2. The number of hydrogen-bond donors (Lipinski definition) is 1. The molecule has 0 spiro atoms. The lowest BCUT2D eigenvalue weighted by Crippen LogP contribution is -2.38. The SMILES string of the molecule is COc1cc(CN(Cc2cn3c4c(c(F)c(F)cc4c2=O)OCC3C)[C@H]2CCN(c3ccc(N)nc3)C2)ccn1. The molecule has 0 radical (unpaired) electrons. The van der Waals surface area contributed by atoms with Crippen molar-refractivity contribution in [3.8, 4) is 11.6 Å². The van der Waals surface area contributed by atoms with Crippen molar-refractivity contribution in [3.63, 3.8) is 0 Å². The van der Waals surface area contributed by atoms with E-state index in [0.717, 1.165) is 36.8 Å². The zero-order valence-corrected chi connectivity index (χ0v) is 22.3. The minimum absolute atomic E-state index is 0.106. The summed E-state index contributed by atoms with van der Waals surface area (Å²) in [5.41, 5.74) is 8.21. The molecule has 11 heteroatoms. The maximum Gasteiger partial charge on any atom is 0.213 e. The van der Waals surface area contributed by atoms with Crippen LogP contribution in [0.1, 0.15) is 30.5 Å². The Hall–Kier alpha value is -4.25. The van der Waals surface area contributed by atoms with Gasteiger partial charge in [-0.2, -0.15) is 4.39 Å². The quantitative estimate of drug-likeness (QED) is 0.372. The van der Waals surface area contributed by atoms with Gasteiger partial charge in [-0.1, -0.05) is 0 Å². The fourth-order valence-corrected chi connectivity index (χ4v) is 5.65. The van der Waals surface area contributed by atoms with Crippen molar-refractivity contribution in [1.29, 1.82) is 0 Å². The topological polar surface area (TPSA) is 98.7 Å². The molecule has 5 heterocycles. The lowest BCUT2D eigenvalue weighted by atomic mass is 10.1. The van der Waals surface area contributed by atoms with Crippen LogP contribution in [0.5, 0.6) is 11.6 Å². The number of aromatic nitrogens is 3. The highest BCUT2D eigenvalue weighted by Gasteiger charge is 2.31. The van der Waals surface area contributed by atoms with Gasteiger partial charge in [0.15, 0.2) is 17.0 Å². The van der Waals surface area contributed by atoms with Crippen LogP contribution in [0.3, 0.4) is 0 Å². The van der Waals surface area contributed by atoms with Crippen LogP contribution < -0.4 is 25.5 Å². The van der Waals surface area contributed by atoms with Gasteiger partial charge >= 0.3 is 0 Å². The Morgan fingerprint density at radius 1 is 1.20 bits per heavy atom. The molecule has 0 saturated carbocycles. The van der Waals surface area contributed by atoms with Crippen LogP contribution in [0.4, 0.5) is 20.3 Å². The summed E-state index contributed by atoms with van der Waals surface area (Å²) in [4.78, 5) is 26.7. The molecule has 2 N–H and O–H groups in total. The number of hydrogen-bond acceptors (Lipinski definition) is 8. The standard InChI is InChI=1S/C29H30F2N6O3/c1-17-16-40-29-26(31)23(30)10-22-27(29)37(17)14-19(28(22)38)13-36(12-18-5-7-33-25(9-18)39-2)21-6-8-35(15-21)20-3-4-24(32)34-11-20/h3-5,7,9-11,14,17,21H,6,8,12-13,15-16H2,1-2H3,(H2,32,34)/t17?,21-/m0/s1. The smallest absolute Gasteiger partial charge is 0.213 e. The highest BCUT2D eigenvalue weighted by molar-refractivity contribution is 5.86. The van der Waals surface area contributed by atoms with Gasteiger partial charge < -0.3 is 24.7 Å². The van der Waals surface area contributed by atoms with Crippen LogP contribution in [-0.4, -0.2) is 52.3 Å². The van der Waals surface area contributed by atoms with E-state index < -0.39 is 11.6 Å². The van der Waals surface area contributed by atoms with Gasteiger partial charge in [0.25, 0.3) is 0 Å². The Labute approximate surface area is 229 Å². The monoisotopic (exact) mass is 548 g/mol. The van der Waals surface area contributed by atoms with E-state index >= 15 is 0 Å². The average Bonchev–Trinajstić information content (AvgIpc) is 3.45. The fourth-order valence-electron chi connectivity index (χ4n) is 5.65. The maximum absolute atomic E-state index is 14.6. The van der Waals surface area contributed by atoms with Crippen LogP contribution in [0, 0.1) is 11.6 Å². The largest absolute Gasteiger partial charge is 0.486 e. The van der Waals surface area contributed by atoms with Gasteiger partial charge in [0.2, 0.25) is 11.7 Å².